The van der Waals surface area contributed by atoms with Crippen molar-refractivity contribution in [1.82, 2.24) is 15.0 Å². The Balaban J connectivity index is 1.29. The Bertz CT molecular complexity index is 2140. The van der Waals surface area contributed by atoms with Crippen molar-refractivity contribution in [2.45, 2.75) is 0 Å². The molecular formula is C39H23N5. The highest BCUT2D eigenvalue weighted by atomic mass is 15.0. The Morgan fingerprint density at radius 3 is 1.43 bits per heavy atom. The first-order valence-corrected chi connectivity index (χ1v) is 14.1. The Morgan fingerprint density at radius 1 is 0.386 bits per heavy atom. The number of nitrogens with zero attached hydrogens (tertiary/aromatic N) is 5. The van der Waals surface area contributed by atoms with Crippen LogP contribution in [0.3, 0.4) is 0 Å². The molecule has 1 aromatic heterocycles. The molecule has 6 aromatic carbocycles. The van der Waals surface area contributed by atoms with Gasteiger partial charge in [-0.2, -0.15) is 10.5 Å². The molecule has 0 unspecified atom stereocenters. The monoisotopic (exact) mass is 561 g/mol. The minimum Gasteiger partial charge on any atom is -0.208 e. The summed E-state index contributed by atoms with van der Waals surface area (Å²) in [5.74, 6) is 1.86. The molecule has 5 nitrogen and oxygen atoms in total. The highest BCUT2D eigenvalue weighted by molar-refractivity contribution is 5.99. The van der Waals surface area contributed by atoms with Gasteiger partial charge in [0, 0.05) is 16.7 Å². The molecule has 0 saturated heterocycles. The molecule has 44 heavy (non-hydrogen) atoms. The molecule has 0 aliphatic heterocycles. The predicted octanol–water partition coefficient (Wildman–Crippen LogP) is 9.10. The van der Waals surface area contributed by atoms with Gasteiger partial charge in [0.1, 0.15) is 0 Å². The zero-order valence-electron chi connectivity index (χ0n) is 23.5. The van der Waals surface area contributed by atoms with E-state index in [0.29, 0.717) is 28.6 Å². The molecular weight excluding hydrogens is 538 g/mol. The summed E-state index contributed by atoms with van der Waals surface area (Å²) < 4.78 is 0. The van der Waals surface area contributed by atoms with Gasteiger partial charge in [0.15, 0.2) is 17.5 Å². The van der Waals surface area contributed by atoms with Crippen molar-refractivity contribution in [3.05, 3.63) is 151 Å². The van der Waals surface area contributed by atoms with Crippen LogP contribution < -0.4 is 0 Å². The van der Waals surface area contributed by atoms with Gasteiger partial charge in [-0.3, -0.25) is 0 Å². The number of aromatic nitrogens is 3. The minimum absolute atomic E-state index is 0.465. The van der Waals surface area contributed by atoms with Crippen molar-refractivity contribution in [1.29, 1.82) is 10.5 Å². The van der Waals surface area contributed by atoms with Crippen LogP contribution >= 0.6 is 0 Å². The van der Waals surface area contributed by atoms with Gasteiger partial charge in [0.05, 0.1) is 23.3 Å². The first kappa shape index (κ1) is 26.5. The summed E-state index contributed by atoms with van der Waals surface area (Å²) in [7, 11) is 0. The third kappa shape index (κ3) is 5.18. The van der Waals surface area contributed by atoms with Crippen molar-refractivity contribution < 1.29 is 0 Å². The highest BCUT2D eigenvalue weighted by Gasteiger charge is 2.13. The fourth-order valence-corrected chi connectivity index (χ4v) is 5.37. The maximum absolute atomic E-state index is 9.51. The Hall–Kier alpha value is -6.43. The van der Waals surface area contributed by atoms with Crippen LogP contribution in [0.1, 0.15) is 11.1 Å². The molecule has 0 amide bonds. The molecule has 5 heteroatoms. The van der Waals surface area contributed by atoms with Crippen molar-refractivity contribution in [2.75, 3.05) is 0 Å². The van der Waals surface area contributed by atoms with E-state index in [1.807, 2.05) is 97.1 Å². The fourth-order valence-electron chi connectivity index (χ4n) is 5.37. The van der Waals surface area contributed by atoms with Gasteiger partial charge in [0.25, 0.3) is 0 Å². The maximum Gasteiger partial charge on any atom is 0.164 e. The summed E-state index contributed by atoms with van der Waals surface area (Å²) >= 11 is 0. The van der Waals surface area contributed by atoms with Gasteiger partial charge in [0.2, 0.25) is 0 Å². The molecule has 204 valence electrons. The van der Waals surface area contributed by atoms with E-state index in [1.54, 1.807) is 6.07 Å². The number of nitriles is 2. The number of rotatable bonds is 5. The lowest BCUT2D eigenvalue weighted by molar-refractivity contribution is 1.07. The van der Waals surface area contributed by atoms with Crippen LogP contribution in [0, 0.1) is 22.7 Å². The second kappa shape index (κ2) is 11.4. The van der Waals surface area contributed by atoms with Gasteiger partial charge in [-0.1, -0.05) is 115 Å². The first-order valence-electron chi connectivity index (χ1n) is 14.1. The van der Waals surface area contributed by atoms with Crippen molar-refractivity contribution in [2.24, 2.45) is 0 Å². The van der Waals surface area contributed by atoms with Crippen LogP contribution in [0.25, 0.3) is 67.2 Å². The fraction of sp³-hybridized carbons (Fsp3) is 0. The van der Waals surface area contributed by atoms with E-state index < -0.39 is 0 Å². The smallest absolute Gasteiger partial charge is 0.164 e. The van der Waals surface area contributed by atoms with Crippen molar-refractivity contribution in [3.8, 4) is 68.6 Å². The summed E-state index contributed by atoms with van der Waals surface area (Å²) in [6.45, 7) is 0. The molecule has 1 heterocycles. The Kier molecular flexibility index (Phi) is 6.89. The van der Waals surface area contributed by atoms with E-state index in [1.165, 1.54) is 0 Å². The second-order valence-corrected chi connectivity index (χ2v) is 10.4. The molecule has 7 rings (SSSR count). The van der Waals surface area contributed by atoms with E-state index in [4.69, 9.17) is 15.0 Å². The largest absolute Gasteiger partial charge is 0.208 e. The summed E-state index contributed by atoms with van der Waals surface area (Å²) in [4.78, 5) is 14.5. The SMILES string of the molecule is N#Cc1cc(C#N)cc(-c2cccc3ccc(-c4ccc(-c5nc(-c6ccccc6)nc(-c6ccccc6)n5)cc4)cc23)c1. The average Bonchev–Trinajstić information content (AvgIpc) is 3.11. The maximum atomic E-state index is 9.51. The van der Waals surface area contributed by atoms with Gasteiger partial charge < -0.3 is 0 Å². The summed E-state index contributed by atoms with van der Waals surface area (Å²) in [6, 6.07) is 50.2. The zero-order chi connectivity index (χ0) is 29.9. The number of hydrogen-bond donors (Lipinski definition) is 0. The molecule has 0 aliphatic rings. The van der Waals surface area contributed by atoms with E-state index in [2.05, 4.69) is 48.5 Å². The Morgan fingerprint density at radius 2 is 0.886 bits per heavy atom. The van der Waals surface area contributed by atoms with Crippen LogP contribution in [0.5, 0.6) is 0 Å². The first-order chi connectivity index (χ1) is 21.7. The zero-order valence-corrected chi connectivity index (χ0v) is 23.5. The molecule has 0 fully saturated rings. The molecule has 7 aromatic rings. The molecule has 0 N–H and O–H groups in total. The van der Waals surface area contributed by atoms with E-state index in [-0.39, 0.29) is 0 Å². The topological polar surface area (TPSA) is 86.2 Å². The normalized spacial score (nSPS) is 10.7. The van der Waals surface area contributed by atoms with E-state index in [0.717, 1.165) is 49.7 Å². The lowest BCUT2D eigenvalue weighted by atomic mass is 9.93. The average molecular weight is 562 g/mol. The quantitative estimate of drug-likeness (QED) is 0.209. The van der Waals surface area contributed by atoms with Gasteiger partial charge in [-0.05, 0) is 57.3 Å². The third-order valence-electron chi connectivity index (χ3n) is 7.56. The molecule has 0 radical (unpaired) electrons. The van der Waals surface area contributed by atoms with Crippen molar-refractivity contribution >= 4 is 10.8 Å². The molecule has 0 spiro atoms. The number of fused-ring (bicyclic) bond motifs is 1. The van der Waals surface area contributed by atoms with Crippen LogP contribution in [0.15, 0.2) is 140 Å². The summed E-state index contributed by atoms with van der Waals surface area (Å²) in [5.41, 5.74) is 7.61. The molecule has 0 saturated carbocycles. The highest BCUT2D eigenvalue weighted by Crippen LogP contribution is 2.34. The third-order valence-corrected chi connectivity index (χ3v) is 7.56. The van der Waals surface area contributed by atoms with Crippen LogP contribution in [-0.4, -0.2) is 15.0 Å². The predicted molar refractivity (Wildman–Crippen MR) is 174 cm³/mol. The van der Waals surface area contributed by atoms with E-state index in [9.17, 15) is 10.5 Å². The second-order valence-electron chi connectivity index (χ2n) is 10.4. The molecule has 0 aliphatic carbocycles. The van der Waals surface area contributed by atoms with Crippen LogP contribution in [-0.2, 0) is 0 Å². The lowest BCUT2D eigenvalue weighted by Gasteiger charge is -2.11. The van der Waals surface area contributed by atoms with Crippen molar-refractivity contribution in [3.63, 3.8) is 0 Å². The van der Waals surface area contributed by atoms with Gasteiger partial charge in [-0.25, -0.2) is 15.0 Å². The minimum atomic E-state index is 0.465. The molecule has 0 atom stereocenters. The summed E-state index contributed by atoms with van der Waals surface area (Å²) in [5, 5.41) is 21.2. The Labute approximate surface area is 255 Å². The van der Waals surface area contributed by atoms with Crippen LogP contribution in [0.2, 0.25) is 0 Å². The van der Waals surface area contributed by atoms with E-state index >= 15 is 0 Å². The number of hydrogen-bond acceptors (Lipinski definition) is 5. The number of benzene rings is 6. The van der Waals surface area contributed by atoms with Gasteiger partial charge in [-0.15, -0.1) is 0 Å². The van der Waals surface area contributed by atoms with Crippen LogP contribution in [0.4, 0.5) is 0 Å². The standard InChI is InChI=1S/C39H23N5/c40-24-26-20-27(25-41)22-34(21-26)35-13-7-12-29-16-19-33(23-36(29)35)28-14-17-32(18-15-28)39-43-37(30-8-3-1-4-9-30)42-38(44-39)31-10-5-2-6-11-31/h1-23H. The van der Waals surface area contributed by atoms with Gasteiger partial charge >= 0.3 is 0 Å². The summed E-state index contributed by atoms with van der Waals surface area (Å²) in [6.07, 6.45) is 0. The lowest BCUT2D eigenvalue weighted by Crippen LogP contribution is -2.00. The molecule has 0 bridgehead atoms.